The molecule has 0 radical (unpaired) electrons. The second kappa shape index (κ2) is 9.13. The third-order valence-corrected chi connectivity index (χ3v) is 2.57. The first kappa shape index (κ1) is 16.2. The molecule has 0 fully saturated rings. The maximum Gasteiger partial charge on any atom is 0.251 e. The third-order valence-electron chi connectivity index (χ3n) is 2.57. The zero-order valence-electron chi connectivity index (χ0n) is 12.0. The van der Waals surface area contributed by atoms with Crippen LogP contribution >= 0.6 is 0 Å². The van der Waals surface area contributed by atoms with Crippen LogP contribution in [0.1, 0.15) is 36.2 Å². The van der Waals surface area contributed by atoms with Crippen LogP contribution in [-0.4, -0.2) is 36.9 Å². The second-order valence-corrected chi connectivity index (χ2v) is 4.39. The molecule has 0 aliphatic heterocycles. The van der Waals surface area contributed by atoms with E-state index in [0.717, 1.165) is 5.56 Å². The van der Waals surface area contributed by atoms with Crippen molar-refractivity contribution in [3.05, 3.63) is 35.4 Å². The molecule has 20 heavy (non-hydrogen) atoms. The van der Waals surface area contributed by atoms with Gasteiger partial charge in [0.1, 0.15) is 0 Å². The maximum absolute atomic E-state index is 12.0. The van der Waals surface area contributed by atoms with E-state index in [9.17, 15) is 4.79 Å². The van der Waals surface area contributed by atoms with Gasteiger partial charge in [-0.05, 0) is 38.1 Å². The molecule has 1 unspecified atom stereocenters. The van der Waals surface area contributed by atoms with Crippen LogP contribution in [0.15, 0.2) is 24.3 Å². The highest BCUT2D eigenvalue weighted by molar-refractivity contribution is 5.94. The lowest BCUT2D eigenvalue weighted by Crippen LogP contribution is -2.35. The van der Waals surface area contributed by atoms with E-state index < -0.39 is 0 Å². The van der Waals surface area contributed by atoms with E-state index in [-0.39, 0.29) is 18.6 Å². The van der Waals surface area contributed by atoms with E-state index in [1.54, 1.807) is 24.3 Å². The minimum atomic E-state index is -0.118. The van der Waals surface area contributed by atoms with Crippen LogP contribution in [0.25, 0.3) is 0 Å². The molecule has 4 nitrogen and oxygen atoms in total. The molecular weight excluding hydrogens is 254 g/mol. The number of hydrogen-bond donors (Lipinski definition) is 2. The van der Waals surface area contributed by atoms with Crippen molar-refractivity contribution < 1.29 is 14.6 Å². The molecule has 0 aromatic heterocycles. The fourth-order valence-electron chi connectivity index (χ4n) is 1.57. The highest BCUT2D eigenvalue weighted by Crippen LogP contribution is 2.04. The highest BCUT2D eigenvalue weighted by Gasteiger charge is 2.09. The van der Waals surface area contributed by atoms with Gasteiger partial charge in [0.15, 0.2) is 0 Å². The van der Waals surface area contributed by atoms with E-state index in [1.165, 1.54) is 0 Å². The van der Waals surface area contributed by atoms with Gasteiger partial charge in [-0.1, -0.05) is 11.8 Å². The lowest BCUT2D eigenvalue weighted by Gasteiger charge is -2.13. The SMILES string of the molecule is CCOCC(C)NC(=O)c1ccc(C#CCCO)cc1. The van der Waals surface area contributed by atoms with Crippen molar-refractivity contribution >= 4 is 5.91 Å². The van der Waals surface area contributed by atoms with Crippen molar-refractivity contribution in [2.75, 3.05) is 19.8 Å². The molecule has 0 aliphatic rings. The van der Waals surface area contributed by atoms with E-state index in [0.29, 0.717) is 25.2 Å². The zero-order valence-corrected chi connectivity index (χ0v) is 12.0. The molecule has 108 valence electrons. The number of benzene rings is 1. The van der Waals surface area contributed by atoms with Crippen molar-refractivity contribution in [2.45, 2.75) is 26.3 Å². The topological polar surface area (TPSA) is 58.6 Å². The minimum absolute atomic E-state index is 0.0218. The van der Waals surface area contributed by atoms with Crippen LogP contribution in [0.3, 0.4) is 0 Å². The number of hydrogen-bond acceptors (Lipinski definition) is 3. The number of rotatable bonds is 6. The Hall–Kier alpha value is -1.83. The van der Waals surface area contributed by atoms with Crippen LogP contribution in [0.5, 0.6) is 0 Å². The summed E-state index contributed by atoms with van der Waals surface area (Å²) in [4.78, 5) is 12.0. The van der Waals surface area contributed by atoms with Crippen LogP contribution in [0, 0.1) is 11.8 Å². The Bertz CT molecular complexity index is 471. The summed E-state index contributed by atoms with van der Waals surface area (Å²) in [6.07, 6.45) is 0.456. The average molecular weight is 275 g/mol. The van der Waals surface area contributed by atoms with E-state index in [1.807, 2.05) is 13.8 Å². The average Bonchev–Trinajstić information content (AvgIpc) is 2.46. The predicted molar refractivity (Wildman–Crippen MR) is 78.4 cm³/mol. The molecule has 1 atom stereocenters. The molecule has 0 spiro atoms. The molecule has 4 heteroatoms. The number of carbonyl (C=O) groups excluding carboxylic acids is 1. The first-order valence-electron chi connectivity index (χ1n) is 6.75. The van der Waals surface area contributed by atoms with Gasteiger partial charge in [-0.2, -0.15) is 0 Å². The molecule has 0 saturated carbocycles. The molecular formula is C16H21NO3. The molecule has 0 aliphatic carbocycles. The molecule has 1 aromatic carbocycles. The molecule has 1 amide bonds. The second-order valence-electron chi connectivity index (χ2n) is 4.39. The van der Waals surface area contributed by atoms with E-state index >= 15 is 0 Å². The van der Waals surface area contributed by atoms with Crippen molar-refractivity contribution in [1.82, 2.24) is 5.32 Å². The van der Waals surface area contributed by atoms with Crippen LogP contribution in [0.2, 0.25) is 0 Å². The number of carbonyl (C=O) groups is 1. The summed E-state index contributed by atoms with van der Waals surface area (Å²) in [5.41, 5.74) is 1.43. The third kappa shape index (κ3) is 5.87. The minimum Gasteiger partial charge on any atom is -0.395 e. The van der Waals surface area contributed by atoms with Gasteiger partial charge in [-0.25, -0.2) is 0 Å². The summed E-state index contributed by atoms with van der Waals surface area (Å²) in [5, 5.41) is 11.5. The molecule has 1 rings (SSSR count). The van der Waals surface area contributed by atoms with Crippen molar-refractivity contribution in [3.8, 4) is 11.8 Å². The summed E-state index contributed by atoms with van der Waals surface area (Å²) in [6.45, 7) is 5.03. The Morgan fingerprint density at radius 3 is 2.70 bits per heavy atom. The predicted octanol–water partition coefficient (Wildman–Crippen LogP) is 1.58. The quantitative estimate of drug-likeness (QED) is 0.775. The van der Waals surface area contributed by atoms with Gasteiger partial charge in [-0.15, -0.1) is 0 Å². The van der Waals surface area contributed by atoms with Crippen molar-refractivity contribution in [1.29, 1.82) is 0 Å². The lowest BCUT2D eigenvalue weighted by molar-refractivity contribution is 0.0872. The Kier molecular flexibility index (Phi) is 7.41. The van der Waals surface area contributed by atoms with Crippen molar-refractivity contribution in [3.63, 3.8) is 0 Å². The number of nitrogens with one attached hydrogen (secondary N) is 1. The number of ether oxygens (including phenoxy) is 1. The largest absolute Gasteiger partial charge is 0.395 e. The van der Waals surface area contributed by atoms with Gasteiger partial charge in [0.05, 0.1) is 13.2 Å². The van der Waals surface area contributed by atoms with Gasteiger partial charge < -0.3 is 15.2 Å². The number of aliphatic hydroxyl groups is 1. The summed E-state index contributed by atoms with van der Waals surface area (Å²) < 4.78 is 5.25. The summed E-state index contributed by atoms with van der Waals surface area (Å²) in [6, 6.07) is 7.06. The number of aliphatic hydroxyl groups excluding tert-OH is 1. The molecule has 0 bridgehead atoms. The first-order valence-corrected chi connectivity index (χ1v) is 6.75. The Morgan fingerprint density at radius 1 is 1.40 bits per heavy atom. The molecule has 1 aromatic rings. The standard InChI is InChI=1S/C16H21NO3/c1-3-20-12-13(2)17-16(19)15-9-7-14(8-10-15)6-4-5-11-18/h7-10,13,18H,3,5,11-12H2,1-2H3,(H,17,19). The summed E-state index contributed by atoms with van der Waals surface area (Å²) in [7, 11) is 0. The smallest absolute Gasteiger partial charge is 0.251 e. The Balaban J connectivity index is 2.55. The van der Waals surface area contributed by atoms with Crippen LogP contribution < -0.4 is 5.32 Å². The van der Waals surface area contributed by atoms with Gasteiger partial charge in [-0.3, -0.25) is 4.79 Å². The Labute approximate surface area is 120 Å². The van der Waals surface area contributed by atoms with Crippen LogP contribution in [0.4, 0.5) is 0 Å². The first-order chi connectivity index (χ1) is 9.67. The zero-order chi connectivity index (χ0) is 14.8. The monoisotopic (exact) mass is 275 g/mol. The highest BCUT2D eigenvalue weighted by atomic mass is 16.5. The van der Waals surface area contributed by atoms with E-state index in [4.69, 9.17) is 9.84 Å². The fraction of sp³-hybridized carbons (Fsp3) is 0.438. The maximum atomic E-state index is 12.0. The van der Waals surface area contributed by atoms with Gasteiger partial charge in [0.2, 0.25) is 0 Å². The lowest BCUT2D eigenvalue weighted by atomic mass is 10.1. The van der Waals surface area contributed by atoms with Gasteiger partial charge in [0.25, 0.3) is 5.91 Å². The summed E-state index contributed by atoms with van der Waals surface area (Å²) >= 11 is 0. The van der Waals surface area contributed by atoms with E-state index in [2.05, 4.69) is 17.2 Å². The normalized spacial score (nSPS) is 11.3. The number of amides is 1. The van der Waals surface area contributed by atoms with Crippen LogP contribution in [-0.2, 0) is 4.74 Å². The molecule has 0 heterocycles. The van der Waals surface area contributed by atoms with Gasteiger partial charge >= 0.3 is 0 Å². The molecule has 2 N–H and O–H groups in total. The summed E-state index contributed by atoms with van der Waals surface area (Å²) in [5.74, 6) is 5.64. The fourth-order valence-corrected chi connectivity index (χ4v) is 1.57. The van der Waals surface area contributed by atoms with Crippen molar-refractivity contribution in [2.24, 2.45) is 0 Å². The molecule has 0 saturated heterocycles. The Morgan fingerprint density at radius 2 is 2.10 bits per heavy atom. The van der Waals surface area contributed by atoms with Gasteiger partial charge in [0, 0.05) is 30.2 Å².